The van der Waals surface area contributed by atoms with E-state index in [1.807, 2.05) is 0 Å². The Bertz CT molecular complexity index is 3110. The Labute approximate surface area is 362 Å². The van der Waals surface area contributed by atoms with Gasteiger partial charge >= 0.3 is 0 Å². The van der Waals surface area contributed by atoms with Gasteiger partial charge in [-0.05, 0) is 95.0 Å². The number of rotatable bonds is 5. The SMILES string of the molecule is C1=CC2C=Cc3c(n(C4=CC=C5C=C6C(CC5C4)C4=C(CCC=C4)N6c4ccc5cccc(C6=NC(c7ccccc7)NC(c7ccccc7)N6)c5c4)c4ccccc34)C2C=C1. The number of amidine groups is 1. The van der Waals surface area contributed by atoms with Gasteiger partial charge in [0.1, 0.15) is 18.2 Å². The monoisotopic (exact) mass is 801 g/mol. The van der Waals surface area contributed by atoms with Crippen LogP contribution in [0.2, 0.25) is 0 Å². The highest BCUT2D eigenvalue weighted by Gasteiger charge is 2.42. The molecule has 62 heavy (non-hydrogen) atoms. The van der Waals surface area contributed by atoms with Gasteiger partial charge in [0.2, 0.25) is 0 Å². The van der Waals surface area contributed by atoms with E-state index in [0.29, 0.717) is 23.7 Å². The minimum absolute atomic E-state index is 0.0937. The van der Waals surface area contributed by atoms with E-state index in [-0.39, 0.29) is 12.3 Å². The van der Waals surface area contributed by atoms with Crippen LogP contribution in [0, 0.1) is 17.8 Å². The molecule has 0 amide bonds. The zero-order chi connectivity index (χ0) is 40.7. The van der Waals surface area contributed by atoms with E-state index in [4.69, 9.17) is 4.99 Å². The van der Waals surface area contributed by atoms with E-state index >= 15 is 0 Å². The Hall–Kier alpha value is -6.95. The van der Waals surface area contributed by atoms with Gasteiger partial charge in [-0.15, -0.1) is 0 Å². The number of nitrogens with one attached hydrogen (secondary N) is 2. The largest absolute Gasteiger partial charge is 0.350 e. The van der Waals surface area contributed by atoms with Crippen LogP contribution in [0.4, 0.5) is 5.69 Å². The van der Waals surface area contributed by atoms with E-state index in [1.165, 1.54) is 72.4 Å². The van der Waals surface area contributed by atoms with E-state index < -0.39 is 0 Å². The van der Waals surface area contributed by atoms with Crippen LogP contribution < -0.4 is 15.5 Å². The summed E-state index contributed by atoms with van der Waals surface area (Å²) in [5.74, 6) is 2.45. The predicted molar refractivity (Wildman–Crippen MR) is 255 cm³/mol. The number of aliphatic imine (C=N–C) groups is 1. The highest BCUT2D eigenvalue weighted by atomic mass is 15.3. The number of hydrogen-bond acceptors (Lipinski definition) is 4. The number of fused-ring (bicyclic) bond motifs is 9. The first-order valence-corrected chi connectivity index (χ1v) is 22.5. The summed E-state index contributed by atoms with van der Waals surface area (Å²) in [6, 6.07) is 44.0. The lowest BCUT2D eigenvalue weighted by atomic mass is 9.74. The lowest BCUT2D eigenvalue weighted by molar-refractivity contribution is 0.409. The van der Waals surface area contributed by atoms with Crippen LogP contribution in [-0.4, -0.2) is 10.4 Å². The summed E-state index contributed by atoms with van der Waals surface area (Å²) in [5, 5.41) is 11.4. The Morgan fingerprint density at radius 2 is 1.56 bits per heavy atom. The third kappa shape index (κ3) is 5.68. The van der Waals surface area contributed by atoms with Crippen molar-refractivity contribution in [3.63, 3.8) is 0 Å². The molecule has 5 nitrogen and oxygen atoms in total. The fraction of sp³-hybridized carbons (Fsp3) is 0.175. The zero-order valence-corrected chi connectivity index (χ0v) is 34.5. The van der Waals surface area contributed by atoms with E-state index in [9.17, 15) is 0 Å². The molecule has 13 rings (SSSR count). The predicted octanol–water partition coefficient (Wildman–Crippen LogP) is 12.8. The minimum Gasteiger partial charge on any atom is -0.350 e. The number of aromatic nitrogens is 1. The molecule has 0 saturated heterocycles. The average Bonchev–Trinajstić information content (AvgIpc) is 3.86. The van der Waals surface area contributed by atoms with Crippen molar-refractivity contribution in [2.24, 2.45) is 22.7 Å². The third-order valence-corrected chi connectivity index (χ3v) is 14.4. The molecule has 5 aromatic carbocycles. The molecule has 6 aromatic rings. The molecule has 5 aliphatic carbocycles. The first-order chi connectivity index (χ1) is 30.7. The standard InChI is InChI=1S/C57H47N5/c1-3-15-38(16-4-1)55-58-56(39-17-5-2-6-18-39)60-57(59-55)48-23-13-19-37-26-29-43(35-49(37)48)61-51-24-11-10-22-46(51)50-33-41-32-42(30-27-40(41)34-53(50)61)62-52-25-12-9-21-45(52)47-31-28-36-14-7-8-20-44(36)54(47)62/h1-10,12-23,25-31,34-36,41,44,50,55-56,58H,11,24,32-33H2,(H,59,60). The van der Waals surface area contributed by atoms with Crippen molar-refractivity contribution in [2.45, 2.75) is 43.9 Å². The lowest BCUT2D eigenvalue weighted by Gasteiger charge is -2.36. The first-order valence-electron chi connectivity index (χ1n) is 22.5. The molecular formula is C57H47N5. The van der Waals surface area contributed by atoms with Gasteiger partial charge in [-0.25, -0.2) is 4.99 Å². The third-order valence-electron chi connectivity index (χ3n) is 14.4. The van der Waals surface area contributed by atoms with Gasteiger partial charge in [-0.2, -0.15) is 0 Å². The van der Waals surface area contributed by atoms with Gasteiger partial charge in [0.15, 0.2) is 0 Å². The normalized spacial score (nSPS) is 25.6. The molecule has 2 aliphatic heterocycles. The van der Waals surface area contributed by atoms with Crippen molar-refractivity contribution in [1.29, 1.82) is 0 Å². The van der Waals surface area contributed by atoms with Crippen LogP contribution >= 0.6 is 0 Å². The fourth-order valence-electron chi connectivity index (χ4n) is 11.5. The van der Waals surface area contributed by atoms with Gasteiger partial charge in [-0.3, -0.25) is 5.32 Å². The Balaban J connectivity index is 0.900. The van der Waals surface area contributed by atoms with E-state index in [2.05, 4.69) is 208 Å². The number of anilines is 1. The van der Waals surface area contributed by atoms with Crippen LogP contribution in [0.1, 0.15) is 71.9 Å². The second-order valence-electron chi connectivity index (χ2n) is 17.8. The first kappa shape index (κ1) is 35.8. The number of allylic oxidation sites excluding steroid dienone is 14. The fourth-order valence-corrected chi connectivity index (χ4v) is 11.5. The molecule has 0 radical (unpaired) electrons. The lowest BCUT2D eigenvalue weighted by Crippen LogP contribution is -2.45. The minimum atomic E-state index is -0.187. The van der Waals surface area contributed by atoms with E-state index in [0.717, 1.165) is 42.6 Å². The second-order valence-corrected chi connectivity index (χ2v) is 17.8. The summed E-state index contributed by atoms with van der Waals surface area (Å²) >= 11 is 0. The molecular weight excluding hydrogens is 755 g/mol. The van der Waals surface area contributed by atoms with Crippen LogP contribution in [-0.2, 0) is 0 Å². The maximum atomic E-state index is 5.36. The summed E-state index contributed by atoms with van der Waals surface area (Å²) in [5.41, 5.74) is 16.0. The molecule has 2 N–H and O–H groups in total. The topological polar surface area (TPSA) is 44.6 Å². The van der Waals surface area contributed by atoms with Crippen molar-refractivity contribution in [1.82, 2.24) is 15.2 Å². The van der Waals surface area contributed by atoms with Crippen molar-refractivity contribution in [2.75, 3.05) is 4.90 Å². The van der Waals surface area contributed by atoms with Gasteiger partial charge in [0, 0.05) is 62.7 Å². The zero-order valence-electron chi connectivity index (χ0n) is 34.5. The van der Waals surface area contributed by atoms with Crippen LogP contribution in [0.5, 0.6) is 0 Å². The van der Waals surface area contributed by atoms with Crippen LogP contribution in [0.3, 0.4) is 0 Å². The highest BCUT2D eigenvalue weighted by molar-refractivity contribution is 6.11. The van der Waals surface area contributed by atoms with Gasteiger partial charge in [0.25, 0.3) is 0 Å². The van der Waals surface area contributed by atoms with Crippen molar-refractivity contribution < 1.29 is 0 Å². The molecule has 0 bridgehead atoms. The molecule has 7 aliphatic rings. The molecule has 3 heterocycles. The summed E-state index contributed by atoms with van der Waals surface area (Å²) in [6.45, 7) is 0. The quantitative estimate of drug-likeness (QED) is 0.182. The molecule has 0 spiro atoms. The number of nitrogens with zero attached hydrogens (tertiary/aromatic N) is 3. The summed E-state index contributed by atoms with van der Waals surface area (Å²) in [6.07, 6.45) is 30.2. The molecule has 1 aromatic heterocycles. The van der Waals surface area contributed by atoms with Gasteiger partial charge < -0.3 is 14.8 Å². The molecule has 300 valence electrons. The maximum Gasteiger partial charge on any atom is 0.132 e. The Morgan fingerprint density at radius 1 is 0.726 bits per heavy atom. The summed E-state index contributed by atoms with van der Waals surface area (Å²) in [4.78, 5) is 7.99. The number of hydrogen-bond donors (Lipinski definition) is 2. The van der Waals surface area contributed by atoms with Gasteiger partial charge in [0.05, 0.1) is 5.52 Å². The van der Waals surface area contributed by atoms with Crippen LogP contribution in [0.25, 0.3) is 33.4 Å². The maximum absolute atomic E-state index is 5.36. The van der Waals surface area contributed by atoms with Crippen LogP contribution in [0.15, 0.2) is 210 Å². The molecule has 5 heteroatoms. The smallest absolute Gasteiger partial charge is 0.132 e. The number of para-hydroxylation sites is 1. The van der Waals surface area contributed by atoms with E-state index in [1.54, 1.807) is 0 Å². The molecule has 0 saturated carbocycles. The molecule has 0 fully saturated rings. The highest BCUT2D eigenvalue weighted by Crippen LogP contribution is 2.53. The second kappa shape index (κ2) is 14.3. The van der Waals surface area contributed by atoms with Crippen molar-refractivity contribution in [3.05, 3.63) is 233 Å². The summed E-state index contributed by atoms with van der Waals surface area (Å²) < 4.78 is 2.63. The molecule has 6 unspecified atom stereocenters. The molecule has 6 atom stereocenters. The number of benzene rings is 5. The van der Waals surface area contributed by atoms with Crippen molar-refractivity contribution >= 4 is 45.0 Å². The summed E-state index contributed by atoms with van der Waals surface area (Å²) in [7, 11) is 0. The Morgan fingerprint density at radius 3 is 2.47 bits per heavy atom. The van der Waals surface area contributed by atoms with Crippen molar-refractivity contribution in [3.8, 4) is 0 Å². The Kier molecular flexibility index (Phi) is 8.26. The van der Waals surface area contributed by atoms with Gasteiger partial charge in [-0.1, -0.05) is 158 Å². The average molecular weight is 802 g/mol.